The Hall–Kier alpha value is 1.16. The van der Waals surface area contributed by atoms with Crippen LogP contribution in [0.25, 0.3) is 0 Å². The van der Waals surface area contributed by atoms with Crippen molar-refractivity contribution < 1.29 is 0 Å². The van der Waals surface area contributed by atoms with E-state index in [-0.39, 0.29) is 0 Å². The number of alkyl halides is 2. The first-order valence-corrected chi connectivity index (χ1v) is 4.97. The molecule has 0 aromatic carbocycles. The molecule has 0 aromatic rings. The largest absolute Gasteiger partial charge is 0.276 e. The molecular formula is C5H7I2N. The van der Waals surface area contributed by atoms with Crippen molar-refractivity contribution in [2.45, 2.75) is 2.06 Å². The maximum Gasteiger partial charge on any atom is 0.115 e. The number of hydrogen-bond acceptors (Lipinski definition) is 1. The summed E-state index contributed by atoms with van der Waals surface area (Å²) in [5, 5.41) is 0. The van der Waals surface area contributed by atoms with Crippen LogP contribution < -0.4 is 0 Å². The molecule has 3 heteroatoms. The number of hydrogen-bond donors (Lipinski definition) is 0. The molecule has 0 aliphatic carbocycles. The van der Waals surface area contributed by atoms with Gasteiger partial charge in [0.2, 0.25) is 0 Å². The Morgan fingerprint density at radius 3 is 2.00 bits per heavy atom. The molecular weight excluding hydrogens is 328 g/mol. The Morgan fingerprint density at radius 1 is 1.25 bits per heavy atom. The maximum absolute atomic E-state index is 2.42. The van der Waals surface area contributed by atoms with Crippen LogP contribution in [0.4, 0.5) is 0 Å². The van der Waals surface area contributed by atoms with Gasteiger partial charge in [0.15, 0.2) is 0 Å². The third-order valence-corrected chi connectivity index (χ3v) is 2.70. The second kappa shape index (κ2) is 3.36. The fourth-order valence-corrected chi connectivity index (χ4v) is 1.56. The lowest BCUT2D eigenvalue weighted by Gasteiger charge is -2.15. The second-order valence-corrected chi connectivity index (χ2v) is 6.45. The van der Waals surface area contributed by atoms with Crippen LogP contribution in [0.3, 0.4) is 0 Å². The first kappa shape index (κ1) is 7.27. The Morgan fingerprint density at radius 2 is 1.75 bits per heavy atom. The molecule has 0 saturated heterocycles. The third-order valence-electron chi connectivity index (χ3n) is 1.12. The highest BCUT2D eigenvalue weighted by Gasteiger charge is 2.10. The van der Waals surface area contributed by atoms with E-state index < -0.39 is 0 Å². The Balaban J connectivity index is 2.29. The summed E-state index contributed by atoms with van der Waals surface area (Å²) in [5.41, 5.74) is 0. The van der Waals surface area contributed by atoms with Crippen molar-refractivity contribution in [3.8, 4) is 0 Å². The topological polar surface area (TPSA) is 3.24 Å². The zero-order chi connectivity index (χ0) is 5.98. The smallest absolute Gasteiger partial charge is 0.115 e. The van der Waals surface area contributed by atoms with Crippen molar-refractivity contribution in [2.75, 3.05) is 13.1 Å². The highest BCUT2D eigenvalue weighted by atomic mass is 127. The van der Waals surface area contributed by atoms with Crippen molar-refractivity contribution in [1.82, 2.24) is 4.90 Å². The molecule has 0 amide bonds. The predicted octanol–water partition coefficient (Wildman–Crippen LogP) is 2.01. The third kappa shape index (κ3) is 1.84. The van der Waals surface area contributed by atoms with Crippen LogP contribution in [-0.2, 0) is 0 Å². The number of halogens is 2. The molecule has 8 heavy (non-hydrogen) atoms. The van der Waals surface area contributed by atoms with Gasteiger partial charge in [0.25, 0.3) is 0 Å². The quantitative estimate of drug-likeness (QED) is 0.307. The van der Waals surface area contributed by atoms with Gasteiger partial charge in [0, 0.05) is 13.1 Å². The van der Waals surface area contributed by atoms with E-state index in [1.165, 1.54) is 0 Å². The fraction of sp³-hybridized carbons (Fsp3) is 0.600. The van der Waals surface area contributed by atoms with Crippen molar-refractivity contribution in [1.29, 1.82) is 0 Å². The zero-order valence-corrected chi connectivity index (χ0v) is 8.66. The van der Waals surface area contributed by atoms with Crippen molar-refractivity contribution >= 4 is 45.2 Å². The normalized spacial score (nSPS) is 20.9. The molecule has 1 aliphatic rings. The van der Waals surface area contributed by atoms with E-state index in [1.807, 2.05) is 0 Å². The van der Waals surface area contributed by atoms with E-state index >= 15 is 0 Å². The minimum atomic E-state index is 0.653. The van der Waals surface area contributed by atoms with Crippen molar-refractivity contribution in [2.24, 2.45) is 0 Å². The van der Waals surface area contributed by atoms with E-state index in [9.17, 15) is 0 Å². The zero-order valence-electron chi connectivity index (χ0n) is 4.35. The molecule has 1 nitrogen and oxygen atoms in total. The van der Waals surface area contributed by atoms with E-state index in [1.54, 1.807) is 0 Å². The molecule has 0 unspecified atom stereocenters. The van der Waals surface area contributed by atoms with Crippen LogP contribution in [0.15, 0.2) is 12.2 Å². The first-order valence-electron chi connectivity index (χ1n) is 2.48. The minimum Gasteiger partial charge on any atom is -0.276 e. The Bertz CT molecular complexity index is 92.6. The maximum atomic E-state index is 2.42. The van der Waals surface area contributed by atoms with Crippen LogP contribution >= 0.6 is 45.2 Å². The summed E-state index contributed by atoms with van der Waals surface area (Å²) in [6.07, 6.45) is 4.43. The summed E-state index contributed by atoms with van der Waals surface area (Å²) >= 11 is 4.83. The lowest BCUT2D eigenvalue weighted by molar-refractivity contribution is 0.415. The second-order valence-electron chi connectivity index (χ2n) is 1.70. The summed E-state index contributed by atoms with van der Waals surface area (Å²) < 4.78 is 0.653. The van der Waals surface area contributed by atoms with Gasteiger partial charge in [0.1, 0.15) is 2.06 Å². The van der Waals surface area contributed by atoms with Gasteiger partial charge in [-0.05, 0) is 0 Å². The molecule has 1 aliphatic heterocycles. The molecule has 0 spiro atoms. The molecule has 1 heterocycles. The molecule has 0 saturated carbocycles. The van der Waals surface area contributed by atoms with Gasteiger partial charge in [-0.2, -0.15) is 0 Å². The van der Waals surface area contributed by atoms with Crippen LogP contribution in [0.5, 0.6) is 0 Å². The molecule has 0 N–H and O–H groups in total. The van der Waals surface area contributed by atoms with E-state index in [0.717, 1.165) is 13.1 Å². The van der Waals surface area contributed by atoms with Gasteiger partial charge < -0.3 is 0 Å². The van der Waals surface area contributed by atoms with Crippen LogP contribution in [0, 0.1) is 0 Å². The average molecular weight is 335 g/mol. The average Bonchev–Trinajstić information content (AvgIpc) is 2.12. The Kier molecular flexibility index (Phi) is 3.05. The number of nitrogens with zero attached hydrogens (tertiary/aromatic N) is 1. The van der Waals surface area contributed by atoms with Gasteiger partial charge in [-0.3, -0.25) is 4.90 Å². The molecule has 0 atom stereocenters. The summed E-state index contributed by atoms with van der Waals surface area (Å²) in [5.74, 6) is 0. The summed E-state index contributed by atoms with van der Waals surface area (Å²) in [6.45, 7) is 2.27. The van der Waals surface area contributed by atoms with Gasteiger partial charge in [-0.15, -0.1) is 0 Å². The molecule has 0 aromatic heterocycles. The molecule has 1 rings (SSSR count). The fourth-order valence-electron chi connectivity index (χ4n) is 0.654. The molecule has 0 fully saturated rings. The summed E-state index contributed by atoms with van der Waals surface area (Å²) in [6, 6.07) is 0. The summed E-state index contributed by atoms with van der Waals surface area (Å²) in [4.78, 5) is 2.39. The lowest BCUT2D eigenvalue weighted by atomic mass is 10.6. The SMILES string of the molecule is IC(I)N1CC=CC1. The van der Waals surface area contributed by atoms with Gasteiger partial charge in [0.05, 0.1) is 0 Å². The van der Waals surface area contributed by atoms with Crippen LogP contribution in [0.1, 0.15) is 0 Å². The molecule has 46 valence electrons. The highest BCUT2D eigenvalue weighted by molar-refractivity contribution is 14.2. The van der Waals surface area contributed by atoms with Gasteiger partial charge >= 0.3 is 0 Å². The number of rotatable bonds is 1. The Labute approximate surface area is 76.8 Å². The highest BCUT2D eigenvalue weighted by Crippen LogP contribution is 2.17. The van der Waals surface area contributed by atoms with E-state index in [4.69, 9.17) is 0 Å². The van der Waals surface area contributed by atoms with E-state index in [0.29, 0.717) is 2.06 Å². The van der Waals surface area contributed by atoms with Crippen molar-refractivity contribution in [3.05, 3.63) is 12.2 Å². The minimum absolute atomic E-state index is 0.653. The summed E-state index contributed by atoms with van der Waals surface area (Å²) in [7, 11) is 0. The van der Waals surface area contributed by atoms with Crippen molar-refractivity contribution in [3.63, 3.8) is 0 Å². The van der Waals surface area contributed by atoms with Crippen LogP contribution in [-0.4, -0.2) is 20.0 Å². The standard InChI is InChI=1S/C5H7I2N/c6-5(7)8-3-1-2-4-8/h1-2,5H,3-4H2. The molecule has 0 radical (unpaired) electrons. The van der Waals surface area contributed by atoms with E-state index in [2.05, 4.69) is 62.2 Å². The molecule has 0 bridgehead atoms. The van der Waals surface area contributed by atoms with Gasteiger partial charge in [-0.25, -0.2) is 0 Å². The predicted molar refractivity (Wildman–Crippen MR) is 52.5 cm³/mol. The van der Waals surface area contributed by atoms with Crippen LogP contribution in [0.2, 0.25) is 0 Å². The monoisotopic (exact) mass is 335 g/mol. The van der Waals surface area contributed by atoms with Gasteiger partial charge in [-0.1, -0.05) is 57.3 Å². The lowest BCUT2D eigenvalue weighted by Crippen LogP contribution is -2.22. The first-order chi connectivity index (χ1) is 3.80.